The Bertz CT molecular complexity index is 600. The van der Waals surface area contributed by atoms with Gasteiger partial charge in [-0.05, 0) is 18.6 Å². The fraction of sp³-hybridized carbons (Fsp3) is 0.308. The number of carboxylic acids is 1. The van der Waals surface area contributed by atoms with Crippen molar-refractivity contribution in [1.29, 1.82) is 0 Å². The predicted molar refractivity (Wildman–Crippen MR) is 77.5 cm³/mol. The highest BCUT2D eigenvalue weighted by Crippen LogP contribution is 2.22. The van der Waals surface area contributed by atoms with E-state index < -0.39 is 5.97 Å². The van der Waals surface area contributed by atoms with Crippen molar-refractivity contribution in [2.24, 2.45) is 0 Å². The Hall–Kier alpha value is -1.73. The third kappa shape index (κ3) is 3.64. The molecule has 2 N–H and O–H groups in total. The van der Waals surface area contributed by atoms with Gasteiger partial charge in [-0.2, -0.15) is 0 Å². The second kappa shape index (κ2) is 6.62. The van der Waals surface area contributed by atoms with Crippen LogP contribution in [0.3, 0.4) is 0 Å². The van der Waals surface area contributed by atoms with Gasteiger partial charge in [0.15, 0.2) is 5.69 Å². The third-order valence-electron chi connectivity index (χ3n) is 2.92. The number of carbonyl (C=O) groups is 1. The van der Waals surface area contributed by atoms with Crippen LogP contribution in [0, 0.1) is 0 Å². The van der Waals surface area contributed by atoms with E-state index in [1.807, 2.05) is 18.2 Å². The molecule has 106 valence electrons. The highest BCUT2D eigenvalue weighted by atomic mass is 79.9. The molecule has 0 bridgehead atoms. The van der Waals surface area contributed by atoms with Crippen LogP contribution in [0.2, 0.25) is 0 Å². The summed E-state index contributed by atoms with van der Waals surface area (Å²) in [7, 11) is 0. The summed E-state index contributed by atoms with van der Waals surface area (Å²) in [5, 5.41) is 19.4. The van der Waals surface area contributed by atoms with Gasteiger partial charge in [0.2, 0.25) is 0 Å². The predicted octanol–water partition coefficient (Wildman–Crippen LogP) is 2.09. The first-order valence-electron chi connectivity index (χ1n) is 6.19. The van der Waals surface area contributed by atoms with Crippen molar-refractivity contribution in [3.8, 4) is 0 Å². The topological polar surface area (TPSA) is 80.0 Å². The van der Waals surface area contributed by atoms with E-state index in [9.17, 15) is 4.79 Å². The van der Waals surface area contributed by atoms with E-state index in [0.29, 0.717) is 13.1 Å². The summed E-state index contributed by atoms with van der Waals surface area (Å²) < 4.78 is 2.58. The standard InChI is InChI=1S/C13H15BrN4O2/c1-9(10-4-2-3-5-11(10)14)15-6-7-18-8-12(13(19)20)16-17-18/h2-5,8-9,15H,6-7H2,1H3,(H,19,20)/t9-/m1/s1. The van der Waals surface area contributed by atoms with Crippen LogP contribution in [-0.2, 0) is 6.54 Å². The fourth-order valence-electron chi connectivity index (χ4n) is 1.84. The average molecular weight is 339 g/mol. The summed E-state index contributed by atoms with van der Waals surface area (Å²) in [4.78, 5) is 10.7. The highest BCUT2D eigenvalue weighted by molar-refractivity contribution is 9.10. The average Bonchev–Trinajstić information content (AvgIpc) is 2.88. The maximum absolute atomic E-state index is 10.7. The molecule has 0 amide bonds. The number of hydrogen-bond acceptors (Lipinski definition) is 4. The lowest BCUT2D eigenvalue weighted by molar-refractivity contribution is 0.0690. The van der Waals surface area contributed by atoms with Gasteiger partial charge in [0.25, 0.3) is 0 Å². The van der Waals surface area contributed by atoms with Gasteiger partial charge in [0, 0.05) is 17.1 Å². The summed E-state index contributed by atoms with van der Waals surface area (Å²) in [5.74, 6) is -1.06. The van der Waals surface area contributed by atoms with Crippen LogP contribution in [0.1, 0.15) is 29.0 Å². The highest BCUT2D eigenvalue weighted by Gasteiger charge is 2.10. The van der Waals surface area contributed by atoms with Crippen LogP contribution in [0.4, 0.5) is 0 Å². The number of rotatable bonds is 6. The molecule has 2 aromatic rings. The molecule has 0 aliphatic rings. The van der Waals surface area contributed by atoms with Gasteiger partial charge in [-0.3, -0.25) is 4.68 Å². The molecule has 20 heavy (non-hydrogen) atoms. The fourth-order valence-corrected chi connectivity index (χ4v) is 2.47. The maximum Gasteiger partial charge on any atom is 0.358 e. The van der Waals surface area contributed by atoms with Crippen LogP contribution in [-0.4, -0.2) is 32.6 Å². The summed E-state index contributed by atoms with van der Waals surface area (Å²) in [6, 6.07) is 8.22. The Morgan fingerprint density at radius 2 is 2.25 bits per heavy atom. The molecular weight excluding hydrogens is 324 g/mol. The molecule has 0 aliphatic carbocycles. The van der Waals surface area contributed by atoms with E-state index in [-0.39, 0.29) is 11.7 Å². The number of benzene rings is 1. The number of aromatic carboxylic acids is 1. The van der Waals surface area contributed by atoms with Gasteiger partial charge in [-0.1, -0.05) is 39.3 Å². The zero-order valence-corrected chi connectivity index (χ0v) is 12.5. The Kier molecular flexibility index (Phi) is 4.86. The molecule has 0 unspecified atom stereocenters. The molecule has 1 atom stereocenters. The van der Waals surface area contributed by atoms with E-state index in [2.05, 4.69) is 44.5 Å². The molecule has 0 radical (unpaired) electrons. The Balaban J connectivity index is 1.86. The molecule has 1 heterocycles. The Labute approximate surface area is 124 Å². The zero-order valence-electron chi connectivity index (χ0n) is 11.0. The summed E-state index contributed by atoms with van der Waals surface area (Å²) in [6.45, 7) is 3.31. The summed E-state index contributed by atoms with van der Waals surface area (Å²) >= 11 is 3.52. The lowest BCUT2D eigenvalue weighted by Crippen LogP contribution is -2.23. The Morgan fingerprint density at radius 3 is 2.90 bits per heavy atom. The van der Waals surface area contributed by atoms with E-state index in [0.717, 1.165) is 4.47 Å². The number of carboxylic acid groups (broad SMARTS) is 1. The summed E-state index contributed by atoms with van der Waals surface area (Å²) in [6.07, 6.45) is 1.42. The van der Waals surface area contributed by atoms with Crippen LogP contribution in [0.5, 0.6) is 0 Å². The van der Waals surface area contributed by atoms with Crippen molar-refractivity contribution >= 4 is 21.9 Å². The Morgan fingerprint density at radius 1 is 1.50 bits per heavy atom. The molecule has 6 nitrogen and oxygen atoms in total. The van der Waals surface area contributed by atoms with E-state index in [4.69, 9.17) is 5.11 Å². The quantitative estimate of drug-likeness (QED) is 0.842. The molecule has 7 heteroatoms. The third-order valence-corrected chi connectivity index (χ3v) is 3.64. The van der Waals surface area contributed by atoms with Crippen molar-refractivity contribution < 1.29 is 9.90 Å². The molecule has 1 aromatic heterocycles. The lowest BCUT2D eigenvalue weighted by Gasteiger charge is -2.15. The van der Waals surface area contributed by atoms with Gasteiger partial charge in [-0.25, -0.2) is 4.79 Å². The number of hydrogen-bond donors (Lipinski definition) is 2. The second-order valence-electron chi connectivity index (χ2n) is 4.37. The normalized spacial score (nSPS) is 12.3. The molecule has 0 aliphatic heterocycles. The van der Waals surface area contributed by atoms with Crippen molar-refractivity contribution in [3.63, 3.8) is 0 Å². The lowest BCUT2D eigenvalue weighted by atomic mass is 10.1. The zero-order chi connectivity index (χ0) is 14.5. The van der Waals surface area contributed by atoms with E-state index >= 15 is 0 Å². The van der Waals surface area contributed by atoms with Crippen LogP contribution in [0.25, 0.3) is 0 Å². The van der Waals surface area contributed by atoms with Crippen molar-refractivity contribution in [1.82, 2.24) is 20.3 Å². The van der Waals surface area contributed by atoms with Gasteiger partial charge >= 0.3 is 5.97 Å². The van der Waals surface area contributed by atoms with Crippen molar-refractivity contribution in [2.75, 3.05) is 6.54 Å². The SMILES string of the molecule is C[C@@H](NCCn1cc(C(=O)O)nn1)c1ccccc1Br. The van der Waals surface area contributed by atoms with Gasteiger partial charge in [0.1, 0.15) is 0 Å². The number of aromatic nitrogens is 3. The maximum atomic E-state index is 10.7. The first-order valence-corrected chi connectivity index (χ1v) is 6.98. The largest absolute Gasteiger partial charge is 0.476 e. The number of nitrogens with one attached hydrogen (secondary N) is 1. The van der Waals surface area contributed by atoms with Gasteiger partial charge in [-0.15, -0.1) is 5.10 Å². The molecule has 0 spiro atoms. The smallest absolute Gasteiger partial charge is 0.358 e. The number of nitrogens with zero attached hydrogens (tertiary/aromatic N) is 3. The first kappa shape index (κ1) is 14.7. The van der Waals surface area contributed by atoms with E-state index in [1.54, 1.807) is 0 Å². The first-order chi connectivity index (χ1) is 9.58. The summed E-state index contributed by atoms with van der Waals surface area (Å²) in [5.41, 5.74) is 1.14. The van der Waals surface area contributed by atoms with Crippen LogP contribution >= 0.6 is 15.9 Å². The molecule has 1 aromatic carbocycles. The minimum absolute atomic E-state index is 0.0381. The second-order valence-corrected chi connectivity index (χ2v) is 5.22. The molecular formula is C13H15BrN4O2. The van der Waals surface area contributed by atoms with Crippen molar-refractivity contribution in [2.45, 2.75) is 19.5 Å². The van der Waals surface area contributed by atoms with Crippen LogP contribution in [0.15, 0.2) is 34.9 Å². The minimum atomic E-state index is -1.06. The molecule has 2 rings (SSSR count). The van der Waals surface area contributed by atoms with Gasteiger partial charge < -0.3 is 10.4 Å². The van der Waals surface area contributed by atoms with Crippen molar-refractivity contribution in [3.05, 3.63) is 46.2 Å². The monoisotopic (exact) mass is 338 g/mol. The van der Waals surface area contributed by atoms with E-state index in [1.165, 1.54) is 16.4 Å². The van der Waals surface area contributed by atoms with Gasteiger partial charge in [0.05, 0.1) is 12.7 Å². The molecule has 0 saturated carbocycles. The molecule has 0 saturated heterocycles. The number of halogens is 1. The minimum Gasteiger partial charge on any atom is -0.476 e. The molecule has 0 fully saturated rings. The van der Waals surface area contributed by atoms with Crippen LogP contribution < -0.4 is 5.32 Å².